The molecular weight excluding hydrogens is 446 g/mol. The summed E-state index contributed by atoms with van der Waals surface area (Å²) in [6.07, 6.45) is -1.52. The van der Waals surface area contributed by atoms with Crippen molar-refractivity contribution in [1.82, 2.24) is 0 Å². The molecule has 0 amide bonds. The number of nitro benzene ring substituents is 2. The molecule has 0 aliphatic carbocycles. The molecule has 11 heteroatoms. The van der Waals surface area contributed by atoms with Crippen LogP contribution >= 0.6 is 0 Å². The molecule has 2 N–H and O–H groups in total. The second-order valence-electron chi connectivity index (χ2n) is 8.99. The lowest BCUT2D eigenvalue weighted by atomic mass is 9.93. The highest BCUT2D eigenvalue weighted by atomic mass is 16.7. The van der Waals surface area contributed by atoms with E-state index in [1.165, 1.54) is 37.3 Å². The molecule has 2 aromatic rings. The minimum Gasteiger partial charge on any atom is -0.426 e. The highest BCUT2D eigenvalue weighted by molar-refractivity contribution is 5.64. The van der Waals surface area contributed by atoms with Crippen molar-refractivity contribution in [3.8, 4) is 5.75 Å². The van der Waals surface area contributed by atoms with E-state index in [2.05, 4.69) is 0 Å². The average molecular weight is 475 g/mol. The standard InChI is InChI=1S/C23H29N3O8/c1-15(33-21(27)34-18-9-7-17(8-10-18)25(28)29)19-14-16(6-11-20(19)26(30)31)23(4,5)32-13-12-22(2,3)24/h6-11,14-15H,12-13,24H2,1-5H3. The van der Waals surface area contributed by atoms with Gasteiger partial charge in [0.05, 0.1) is 21.0 Å². The second-order valence-corrected chi connectivity index (χ2v) is 8.99. The third-order valence-electron chi connectivity index (χ3n) is 5.09. The van der Waals surface area contributed by atoms with Crippen LogP contribution in [0.15, 0.2) is 42.5 Å². The Morgan fingerprint density at radius 1 is 1.03 bits per heavy atom. The molecule has 0 fully saturated rings. The Balaban J connectivity index is 2.18. The van der Waals surface area contributed by atoms with Gasteiger partial charge in [-0.15, -0.1) is 0 Å². The number of nitrogens with two attached hydrogens (primary N) is 1. The number of ether oxygens (including phenoxy) is 3. The van der Waals surface area contributed by atoms with E-state index in [9.17, 15) is 25.0 Å². The molecule has 2 rings (SSSR count). The van der Waals surface area contributed by atoms with Crippen LogP contribution in [0.5, 0.6) is 5.75 Å². The van der Waals surface area contributed by atoms with Crippen LogP contribution in [-0.4, -0.2) is 28.1 Å². The smallest absolute Gasteiger partial charge is 0.426 e. The first-order valence-electron chi connectivity index (χ1n) is 10.5. The van der Waals surface area contributed by atoms with E-state index in [1.54, 1.807) is 12.1 Å². The van der Waals surface area contributed by atoms with Crippen LogP contribution in [0.2, 0.25) is 0 Å². The van der Waals surface area contributed by atoms with Crippen molar-refractivity contribution in [3.05, 3.63) is 73.8 Å². The Kier molecular flexibility index (Phi) is 8.30. The highest BCUT2D eigenvalue weighted by Gasteiger charge is 2.29. The van der Waals surface area contributed by atoms with Crippen molar-refractivity contribution in [2.24, 2.45) is 5.73 Å². The maximum Gasteiger partial charge on any atom is 0.514 e. The van der Waals surface area contributed by atoms with E-state index < -0.39 is 33.2 Å². The van der Waals surface area contributed by atoms with E-state index in [0.717, 1.165) is 0 Å². The summed E-state index contributed by atoms with van der Waals surface area (Å²) in [4.78, 5) is 33.4. The first-order chi connectivity index (χ1) is 15.7. The van der Waals surface area contributed by atoms with Crippen molar-refractivity contribution in [3.63, 3.8) is 0 Å². The van der Waals surface area contributed by atoms with Gasteiger partial charge in [0.1, 0.15) is 11.9 Å². The summed E-state index contributed by atoms with van der Waals surface area (Å²) in [5.41, 5.74) is 5.25. The maximum absolute atomic E-state index is 12.2. The molecule has 0 aliphatic heterocycles. The number of hydrogen-bond donors (Lipinski definition) is 1. The van der Waals surface area contributed by atoms with Crippen LogP contribution in [0.4, 0.5) is 16.2 Å². The fraction of sp³-hybridized carbons (Fsp3) is 0.435. The topological polar surface area (TPSA) is 157 Å². The quantitative estimate of drug-likeness (QED) is 0.212. The maximum atomic E-state index is 12.2. The number of nitrogens with zero attached hydrogens (tertiary/aromatic N) is 2. The van der Waals surface area contributed by atoms with Crippen LogP contribution in [0.3, 0.4) is 0 Å². The fourth-order valence-electron chi connectivity index (χ4n) is 3.04. The molecule has 2 aromatic carbocycles. The molecule has 1 unspecified atom stereocenters. The van der Waals surface area contributed by atoms with Crippen LogP contribution < -0.4 is 10.5 Å². The van der Waals surface area contributed by atoms with Gasteiger partial charge in [-0.3, -0.25) is 20.2 Å². The van der Waals surface area contributed by atoms with E-state index >= 15 is 0 Å². The van der Waals surface area contributed by atoms with Crippen molar-refractivity contribution < 1.29 is 28.9 Å². The van der Waals surface area contributed by atoms with Gasteiger partial charge in [0.15, 0.2) is 0 Å². The zero-order chi connectivity index (χ0) is 25.7. The van der Waals surface area contributed by atoms with Gasteiger partial charge in [-0.25, -0.2) is 4.79 Å². The number of nitro groups is 2. The lowest BCUT2D eigenvalue weighted by Crippen LogP contribution is -2.34. The third kappa shape index (κ3) is 7.49. The van der Waals surface area contributed by atoms with E-state index in [4.69, 9.17) is 19.9 Å². The van der Waals surface area contributed by atoms with Crippen LogP contribution in [-0.2, 0) is 15.1 Å². The van der Waals surface area contributed by atoms with Gasteiger partial charge in [-0.2, -0.15) is 0 Å². The van der Waals surface area contributed by atoms with Crippen LogP contribution in [0.25, 0.3) is 0 Å². The number of hydrogen-bond acceptors (Lipinski definition) is 9. The lowest BCUT2D eigenvalue weighted by molar-refractivity contribution is -0.386. The van der Waals surface area contributed by atoms with E-state index in [-0.39, 0.29) is 22.7 Å². The van der Waals surface area contributed by atoms with Gasteiger partial charge in [-0.1, -0.05) is 0 Å². The number of benzene rings is 2. The summed E-state index contributed by atoms with van der Waals surface area (Å²) in [5.74, 6) is 0.0309. The molecule has 0 aromatic heterocycles. The number of rotatable bonds is 10. The minimum atomic E-state index is -1.11. The molecule has 0 saturated heterocycles. The molecule has 0 bridgehead atoms. The summed E-state index contributed by atoms with van der Waals surface area (Å²) in [7, 11) is 0. The Morgan fingerprint density at radius 2 is 1.65 bits per heavy atom. The molecule has 0 aliphatic rings. The molecule has 0 heterocycles. The first-order valence-corrected chi connectivity index (χ1v) is 10.5. The SMILES string of the molecule is CC(OC(=O)Oc1ccc([N+](=O)[O-])cc1)c1cc(C(C)(C)OCCC(C)(C)N)ccc1[N+](=O)[O-]. The average Bonchev–Trinajstić information content (AvgIpc) is 2.72. The Labute approximate surface area is 197 Å². The van der Waals surface area contributed by atoms with Gasteiger partial charge in [-0.05, 0) is 70.9 Å². The zero-order valence-corrected chi connectivity index (χ0v) is 19.8. The van der Waals surface area contributed by atoms with Crippen molar-refractivity contribution >= 4 is 17.5 Å². The van der Waals surface area contributed by atoms with Gasteiger partial charge in [0.25, 0.3) is 11.4 Å². The number of carbonyl (C=O) groups excluding carboxylic acids is 1. The molecule has 34 heavy (non-hydrogen) atoms. The summed E-state index contributed by atoms with van der Waals surface area (Å²) in [6.45, 7) is 9.31. The van der Waals surface area contributed by atoms with Crippen LogP contribution in [0, 0.1) is 20.2 Å². The largest absolute Gasteiger partial charge is 0.514 e. The molecule has 0 radical (unpaired) electrons. The predicted octanol–water partition coefficient (Wildman–Crippen LogP) is 5.16. The molecule has 11 nitrogen and oxygen atoms in total. The Bertz CT molecular complexity index is 1050. The number of carbonyl (C=O) groups is 1. The summed E-state index contributed by atoms with van der Waals surface area (Å²) in [5, 5.41) is 22.3. The number of non-ortho nitro benzene ring substituents is 1. The monoisotopic (exact) mass is 475 g/mol. The Morgan fingerprint density at radius 3 is 2.18 bits per heavy atom. The summed E-state index contributed by atoms with van der Waals surface area (Å²) in [6, 6.07) is 9.34. The lowest BCUT2D eigenvalue weighted by Gasteiger charge is -2.29. The van der Waals surface area contributed by atoms with E-state index in [1.807, 2.05) is 27.7 Å². The molecule has 184 valence electrons. The first kappa shape index (κ1) is 26.7. The predicted molar refractivity (Wildman–Crippen MR) is 124 cm³/mol. The normalized spacial score (nSPS) is 12.6. The van der Waals surface area contributed by atoms with Crippen LogP contribution in [0.1, 0.15) is 58.3 Å². The minimum absolute atomic E-state index is 0.0309. The summed E-state index contributed by atoms with van der Waals surface area (Å²) >= 11 is 0. The van der Waals surface area contributed by atoms with Gasteiger partial charge in [0, 0.05) is 30.3 Å². The summed E-state index contributed by atoms with van der Waals surface area (Å²) < 4.78 is 16.3. The second kappa shape index (κ2) is 10.6. The van der Waals surface area contributed by atoms with Crippen molar-refractivity contribution in [1.29, 1.82) is 0 Å². The third-order valence-corrected chi connectivity index (χ3v) is 5.09. The van der Waals surface area contributed by atoms with Gasteiger partial charge < -0.3 is 19.9 Å². The van der Waals surface area contributed by atoms with E-state index in [0.29, 0.717) is 18.6 Å². The molecule has 0 saturated carbocycles. The van der Waals surface area contributed by atoms with Gasteiger partial charge >= 0.3 is 6.16 Å². The molecular formula is C23H29N3O8. The zero-order valence-electron chi connectivity index (χ0n) is 19.8. The van der Waals surface area contributed by atoms with Crippen molar-refractivity contribution in [2.45, 2.75) is 58.3 Å². The molecule has 1 atom stereocenters. The Hall–Kier alpha value is -3.57. The van der Waals surface area contributed by atoms with Crippen molar-refractivity contribution in [2.75, 3.05) is 6.61 Å². The molecule has 0 spiro atoms. The fourth-order valence-corrected chi connectivity index (χ4v) is 3.04. The van der Waals surface area contributed by atoms with Gasteiger partial charge in [0.2, 0.25) is 0 Å². The highest BCUT2D eigenvalue weighted by Crippen LogP contribution is 2.34.